The van der Waals surface area contributed by atoms with Crippen molar-refractivity contribution in [3.8, 4) is 22.3 Å². The van der Waals surface area contributed by atoms with E-state index in [1.54, 1.807) is 23.3 Å². The van der Waals surface area contributed by atoms with Crippen LogP contribution in [0.3, 0.4) is 0 Å². The van der Waals surface area contributed by atoms with Crippen LogP contribution in [0.2, 0.25) is 13.1 Å². The Morgan fingerprint density at radius 3 is 1.27 bits per heavy atom. The second-order valence-electron chi connectivity index (χ2n) is 12.6. The minimum atomic E-state index is 0. The molecule has 6 aromatic rings. The van der Waals surface area contributed by atoms with E-state index < -0.39 is 0 Å². The summed E-state index contributed by atoms with van der Waals surface area (Å²) in [5.74, 6) is 0. The molecule has 0 atom stereocenters. The minimum absolute atomic E-state index is 0. The largest absolute Gasteiger partial charge is 1.00 e. The van der Waals surface area contributed by atoms with Gasteiger partial charge < -0.3 is 24.8 Å². The van der Waals surface area contributed by atoms with Crippen molar-refractivity contribution in [1.29, 1.82) is 0 Å². The molecule has 0 saturated heterocycles. The maximum atomic E-state index is 2.35. The van der Waals surface area contributed by atoms with Crippen LogP contribution in [0.15, 0.2) is 84.9 Å². The maximum absolute atomic E-state index is 2.35. The van der Waals surface area contributed by atoms with E-state index in [0.29, 0.717) is 0 Å². The summed E-state index contributed by atoms with van der Waals surface area (Å²) in [7, 11) is 0. The summed E-state index contributed by atoms with van der Waals surface area (Å²) in [4.78, 5) is 0. The van der Waals surface area contributed by atoms with E-state index in [1.807, 2.05) is 0 Å². The van der Waals surface area contributed by atoms with Gasteiger partial charge in [-0.05, 0) is 59.1 Å². The molecule has 45 heavy (non-hydrogen) atoms. The van der Waals surface area contributed by atoms with Crippen molar-refractivity contribution in [3.05, 3.63) is 129 Å². The molecule has 0 N–H and O–H groups in total. The molecule has 6 rings (SSSR count). The van der Waals surface area contributed by atoms with Crippen LogP contribution in [-0.2, 0) is 29.8 Å². The zero-order valence-electron chi connectivity index (χ0n) is 28.5. The first-order chi connectivity index (χ1) is 20.3. The van der Waals surface area contributed by atoms with Gasteiger partial charge in [-0.3, -0.25) is 0 Å². The van der Waals surface area contributed by atoms with Crippen molar-refractivity contribution in [2.75, 3.05) is 0 Å². The Labute approximate surface area is 299 Å². The summed E-state index contributed by atoms with van der Waals surface area (Å²) in [6.45, 7) is 22.0. The average Bonchev–Trinajstić information content (AvgIpc) is 3.48. The van der Waals surface area contributed by atoms with Crippen LogP contribution in [0.5, 0.6) is 0 Å². The first-order valence-electron chi connectivity index (χ1n) is 15.4. The van der Waals surface area contributed by atoms with Gasteiger partial charge in [-0.15, -0.1) is 56.9 Å². The van der Waals surface area contributed by atoms with Crippen molar-refractivity contribution in [2.45, 2.75) is 74.9 Å². The quantitative estimate of drug-likeness (QED) is 0.156. The van der Waals surface area contributed by atoms with Gasteiger partial charge >= 0.3 is 41.9 Å². The van der Waals surface area contributed by atoms with E-state index in [9.17, 15) is 0 Å². The Morgan fingerprint density at radius 2 is 0.867 bits per heavy atom. The van der Waals surface area contributed by atoms with E-state index >= 15 is 0 Å². The Kier molecular flexibility index (Phi) is 14.8. The third-order valence-corrected chi connectivity index (χ3v) is 7.61. The van der Waals surface area contributed by atoms with Crippen molar-refractivity contribution < 1.29 is 48.1 Å². The standard InChI is InChI=1S/C20H21.C19H19.C2H6Si.2ClH.Zr/c1-5-16-11-18-9-15(4)10-19(20(18)12-16)17-7-13(2)6-14(3)8-17;1-12-5-13(2)7-16(6-12)18-10-14(3)8-17-9-15(4)11-19(17)18;1-3-2;;;/h6-12H,5H2,1-4H3;5-11H,1-4H3;1-2H3;2*1H;/q2*-1;;;;+2/p-2. The Bertz CT molecular complexity index is 1880. The summed E-state index contributed by atoms with van der Waals surface area (Å²) < 4.78 is 0. The van der Waals surface area contributed by atoms with Gasteiger partial charge in [-0.1, -0.05) is 107 Å². The summed E-state index contributed by atoms with van der Waals surface area (Å²) >= 11 is 1.74. The van der Waals surface area contributed by atoms with E-state index in [-0.39, 0.29) is 30.2 Å². The molecule has 0 aliphatic rings. The Hall–Kier alpha value is -2.22. The second kappa shape index (κ2) is 17.1. The average molecular weight is 729 g/mol. The molecular formula is C41H46Cl2SiZr-2. The molecule has 0 amide bonds. The van der Waals surface area contributed by atoms with Gasteiger partial charge in [0.25, 0.3) is 0 Å². The normalized spacial score (nSPS) is 10.3. The molecule has 0 unspecified atom stereocenters. The summed E-state index contributed by atoms with van der Waals surface area (Å²) in [6, 6.07) is 32.0. The number of halogens is 2. The number of fused-ring (bicyclic) bond motifs is 2. The summed E-state index contributed by atoms with van der Waals surface area (Å²) in [5.41, 5.74) is 16.3. The molecule has 0 spiro atoms. The molecule has 0 aliphatic carbocycles. The van der Waals surface area contributed by atoms with Crippen LogP contribution in [0.4, 0.5) is 0 Å². The van der Waals surface area contributed by atoms with Gasteiger partial charge in [0.15, 0.2) is 0 Å². The van der Waals surface area contributed by atoms with Crippen LogP contribution in [-0.4, -0.2) is 5.43 Å². The molecule has 6 aromatic carbocycles. The van der Waals surface area contributed by atoms with Crippen LogP contribution in [0, 0.1) is 48.5 Å². The van der Waals surface area contributed by atoms with Gasteiger partial charge in [-0.25, -0.2) is 0 Å². The molecule has 4 heteroatoms. The SMILES string of the molecule is CCc1cc2c(-c3cc(C)cc(C)c3)cc(C)cc2[cH-]1.C[Si](C)=[Zr+2].Cc1cc(C)cc(-c2cc(C)cc3[cH-]c(C)cc23)c1.[Cl-].[Cl-]. The molecule has 0 aliphatic heterocycles. The fraction of sp³-hybridized carbons (Fsp3) is 0.268. The van der Waals surface area contributed by atoms with Gasteiger partial charge in [0, 0.05) is 0 Å². The van der Waals surface area contributed by atoms with Crippen molar-refractivity contribution in [3.63, 3.8) is 0 Å². The van der Waals surface area contributed by atoms with E-state index in [1.165, 1.54) is 88.3 Å². The van der Waals surface area contributed by atoms with E-state index in [0.717, 1.165) is 6.42 Å². The minimum Gasteiger partial charge on any atom is -1.00 e. The molecular weight excluding hydrogens is 683 g/mol. The molecule has 0 radical (unpaired) electrons. The van der Waals surface area contributed by atoms with Gasteiger partial charge in [0.2, 0.25) is 0 Å². The van der Waals surface area contributed by atoms with Gasteiger partial charge in [-0.2, -0.15) is 12.1 Å². The zero-order chi connectivity index (χ0) is 31.4. The molecule has 0 heterocycles. The third-order valence-electron chi connectivity index (χ3n) is 7.61. The predicted molar refractivity (Wildman–Crippen MR) is 190 cm³/mol. The van der Waals surface area contributed by atoms with Crippen molar-refractivity contribution in [1.82, 2.24) is 0 Å². The first-order valence-corrected chi connectivity index (χ1v) is 21.6. The first kappa shape index (κ1) is 39.0. The second-order valence-corrected chi connectivity index (χ2v) is 22.0. The number of aryl methyl sites for hydroxylation is 8. The molecule has 0 saturated carbocycles. The topological polar surface area (TPSA) is 0 Å². The van der Waals surface area contributed by atoms with Crippen molar-refractivity contribution >= 4 is 27.0 Å². The summed E-state index contributed by atoms with van der Waals surface area (Å²) in [6.07, 6.45) is 1.10. The molecule has 0 bridgehead atoms. The summed E-state index contributed by atoms with van der Waals surface area (Å²) in [5, 5.41) is 5.48. The molecule has 234 valence electrons. The molecule has 0 fully saturated rings. The third kappa shape index (κ3) is 10.4. The maximum Gasteiger partial charge on any atom is -0.0274 e. The smallest absolute Gasteiger partial charge is 0.0274 e. The van der Waals surface area contributed by atoms with E-state index in [4.69, 9.17) is 0 Å². The fourth-order valence-electron chi connectivity index (χ4n) is 6.10. The predicted octanol–water partition coefficient (Wildman–Crippen LogP) is 5.97. The van der Waals surface area contributed by atoms with E-state index in [2.05, 4.69) is 153 Å². The van der Waals surface area contributed by atoms with Gasteiger partial charge in [0.05, 0.1) is 0 Å². The molecule has 0 aromatic heterocycles. The Morgan fingerprint density at radius 1 is 0.511 bits per heavy atom. The zero-order valence-corrected chi connectivity index (χ0v) is 33.5. The molecule has 0 nitrogen and oxygen atoms in total. The number of hydrogen-bond donors (Lipinski definition) is 0. The van der Waals surface area contributed by atoms with Crippen LogP contribution < -0.4 is 24.8 Å². The number of rotatable bonds is 3. The van der Waals surface area contributed by atoms with Gasteiger partial charge in [0.1, 0.15) is 0 Å². The monoisotopic (exact) mass is 726 g/mol. The Balaban J connectivity index is 0.000000270. The fourth-order valence-corrected chi connectivity index (χ4v) is 6.10. The van der Waals surface area contributed by atoms with Crippen LogP contribution in [0.1, 0.15) is 51.4 Å². The van der Waals surface area contributed by atoms with Crippen LogP contribution >= 0.6 is 0 Å². The number of benzene rings is 4. The van der Waals surface area contributed by atoms with Crippen LogP contribution in [0.25, 0.3) is 43.8 Å². The number of hydrogen-bond acceptors (Lipinski definition) is 0. The van der Waals surface area contributed by atoms with Crippen molar-refractivity contribution in [2.24, 2.45) is 0 Å².